The number of rotatable bonds is 8. The van der Waals surface area contributed by atoms with Gasteiger partial charge in [-0.25, -0.2) is 4.79 Å². The summed E-state index contributed by atoms with van der Waals surface area (Å²) in [4.78, 5) is 42.1. The Morgan fingerprint density at radius 3 is 2.59 bits per heavy atom. The molecular weight excluding hydrogens is 452 g/mol. The highest BCUT2D eigenvalue weighted by Crippen LogP contribution is 2.24. The van der Waals surface area contributed by atoms with Crippen LogP contribution in [0.5, 0.6) is 0 Å². The molecule has 1 aromatic carbocycles. The third kappa shape index (κ3) is 6.94. The number of benzene rings is 1. The van der Waals surface area contributed by atoms with Crippen molar-refractivity contribution in [1.82, 2.24) is 20.4 Å². The molecule has 0 spiro atoms. The number of nitrogens with one attached hydrogen (secondary N) is 2. The lowest BCUT2D eigenvalue weighted by Gasteiger charge is -2.40. The van der Waals surface area contributed by atoms with E-state index < -0.39 is 18.0 Å². The minimum absolute atomic E-state index is 0.237. The number of piperazine rings is 1. The van der Waals surface area contributed by atoms with Crippen LogP contribution in [-0.2, 0) is 27.4 Å². The van der Waals surface area contributed by atoms with Gasteiger partial charge in [-0.2, -0.15) is 0 Å². The molecule has 1 aliphatic heterocycles. The summed E-state index contributed by atoms with van der Waals surface area (Å²) in [7, 11) is 0. The van der Waals surface area contributed by atoms with Crippen molar-refractivity contribution in [3.63, 3.8) is 0 Å². The van der Waals surface area contributed by atoms with E-state index in [0.29, 0.717) is 37.1 Å². The number of hydrogen-bond acceptors (Lipinski definition) is 6. The van der Waals surface area contributed by atoms with E-state index in [9.17, 15) is 14.4 Å². The smallest absolute Gasteiger partial charge is 0.325 e. The Hall–Kier alpha value is -2.62. The standard InChI is InChI=1S/C22H27ClN4O4S/c1-2-31-20(28)13-25-22(30)27-11-10-26(14-17-8-9-19(23)32-17)15-18(27)21(29)24-12-16-6-4-3-5-7-16/h3-9,18H,2,10-15H2,1H3,(H,24,29)(H,25,30). The van der Waals surface area contributed by atoms with E-state index in [1.54, 1.807) is 6.92 Å². The third-order valence-corrected chi connectivity index (χ3v) is 6.25. The highest BCUT2D eigenvalue weighted by Gasteiger charge is 2.35. The minimum Gasteiger partial charge on any atom is -0.465 e. The van der Waals surface area contributed by atoms with Crippen LogP contribution in [0.25, 0.3) is 0 Å². The van der Waals surface area contributed by atoms with Crippen molar-refractivity contribution in [1.29, 1.82) is 0 Å². The Morgan fingerprint density at radius 2 is 1.91 bits per heavy atom. The van der Waals surface area contributed by atoms with Crippen LogP contribution in [0.1, 0.15) is 17.4 Å². The predicted octanol–water partition coefficient (Wildman–Crippen LogP) is 2.48. The summed E-state index contributed by atoms with van der Waals surface area (Å²) in [6.45, 7) is 4.06. The average molecular weight is 479 g/mol. The average Bonchev–Trinajstić information content (AvgIpc) is 3.21. The number of urea groups is 1. The fourth-order valence-corrected chi connectivity index (χ4v) is 4.60. The molecule has 1 unspecified atom stereocenters. The predicted molar refractivity (Wildman–Crippen MR) is 123 cm³/mol. The summed E-state index contributed by atoms with van der Waals surface area (Å²) >= 11 is 7.54. The first kappa shape index (κ1) is 24.0. The number of carbonyl (C=O) groups is 3. The van der Waals surface area contributed by atoms with Gasteiger partial charge < -0.3 is 20.3 Å². The lowest BCUT2D eigenvalue weighted by Crippen LogP contribution is -2.62. The highest BCUT2D eigenvalue weighted by atomic mass is 35.5. The van der Waals surface area contributed by atoms with Crippen LogP contribution in [0.4, 0.5) is 4.79 Å². The molecule has 0 bridgehead atoms. The first-order valence-corrected chi connectivity index (χ1v) is 11.6. The van der Waals surface area contributed by atoms with Crippen LogP contribution in [0.2, 0.25) is 4.34 Å². The second kappa shape index (κ2) is 11.8. The summed E-state index contributed by atoms with van der Waals surface area (Å²) in [6, 6.07) is 12.3. The Morgan fingerprint density at radius 1 is 1.12 bits per heavy atom. The van der Waals surface area contributed by atoms with E-state index in [0.717, 1.165) is 10.4 Å². The molecule has 1 fully saturated rings. The number of carbonyl (C=O) groups excluding carboxylic acids is 3. The van der Waals surface area contributed by atoms with E-state index in [1.807, 2.05) is 42.5 Å². The van der Waals surface area contributed by atoms with Gasteiger partial charge in [-0.3, -0.25) is 14.5 Å². The van der Waals surface area contributed by atoms with Gasteiger partial charge in [0, 0.05) is 37.6 Å². The molecule has 1 aromatic heterocycles. The highest BCUT2D eigenvalue weighted by molar-refractivity contribution is 7.16. The molecule has 3 amide bonds. The quantitative estimate of drug-likeness (QED) is 0.569. The molecule has 2 heterocycles. The van der Waals surface area contributed by atoms with Crippen LogP contribution in [-0.4, -0.2) is 66.5 Å². The molecule has 10 heteroatoms. The lowest BCUT2D eigenvalue weighted by atomic mass is 10.1. The number of nitrogens with zero attached hydrogens (tertiary/aromatic N) is 2. The zero-order valence-electron chi connectivity index (χ0n) is 17.9. The van der Waals surface area contributed by atoms with Crippen LogP contribution >= 0.6 is 22.9 Å². The second-order valence-electron chi connectivity index (χ2n) is 7.32. The van der Waals surface area contributed by atoms with Crippen molar-refractivity contribution >= 4 is 40.8 Å². The molecule has 8 nitrogen and oxygen atoms in total. The van der Waals surface area contributed by atoms with Gasteiger partial charge in [0.1, 0.15) is 12.6 Å². The van der Waals surface area contributed by atoms with Crippen molar-refractivity contribution in [2.45, 2.75) is 26.1 Å². The molecular formula is C22H27ClN4O4S. The topological polar surface area (TPSA) is 91.0 Å². The molecule has 32 heavy (non-hydrogen) atoms. The molecule has 172 valence electrons. The fraction of sp³-hybridized carbons (Fsp3) is 0.409. The Bertz CT molecular complexity index is 924. The Labute approximate surface area is 196 Å². The summed E-state index contributed by atoms with van der Waals surface area (Å²) in [5.41, 5.74) is 0.972. The van der Waals surface area contributed by atoms with Gasteiger partial charge in [0.2, 0.25) is 5.91 Å². The monoisotopic (exact) mass is 478 g/mol. The normalized spacial score (nSPS) is 16.4. The van der Waals surface area contributed by atoms with Gasteiger partial charge in [-0.1, -0.05) is 41.9 Å². The number of esters is 1. The van der Waals surface area contributed by atoms with Crippen molar-refractivity contribution in [3.8, 4) is 0 Å². The lowest BCUT2D eigenvalue weighted by molar-refractivity contribution is -0.141. The van der Waals surface area contributed by atoms with E-state index in [4.69, 9.17) is 16.3 Å². The Balaban J connectivity index is 1.65. The van der Waals surface area contributed by atoms with Crippen LogP contribution in [0, 0.1) is 0 Å². The van der Waals surface area contributed by atoms with Crippen LogP contribution < -0.4 is 10.6 Å². The van der Waals surface area contributed by atoms with E-state index in [-0.39, 0.29) is 19.1 Å². The molecule has 1 atom stereocenters. The SMILES string of the molecule is CCOC(=O)CNC(=O)N1CCN(Cc2ccc(Cl)s2)CC1C(=O)NCc1ccccc1. The summed E-state index contributed by atoms with van der Waals surface area (Å²) < 4.78 is 5.57. The maximum atomic E-state index is 13.1. The molecule has 2 aromatic rings. The molecule has 0 saturated carbocycles. The van der Waals surface area contributed by atoms with Gasteiger partial charge in [-0.15, -0.1) is 11.3 Å². The third-order valence-electron chi connectivity index (χ3n) is 5.04. The van der Waals surface area contributed by atoms with Crippen molar-refractivity contribution in [2.75, 3.05) is 32.8 Å². The zero-order valence-corrected chi connectivity index (χ0v) is 19.5. The first-order chi connectivity index (χ1) is 15.5. The molecule has 0 radical (unpaired) electrons. The number of amides is 3. The van der Waals surface area contributed by atoms with Crippen LogP contribution in [0.3, 0.4) is 0 Å². The second-order valence-corrected chi connectivity index (χ2v) is 9.12. The number of hydrogen-bond donors (Lipinski definition) is 2. The first-order valence-electron chi connectivity index (χ1n) is 10.4. The molecule has 2 N–H and O–H groups in total. The van der Waals surface area contributed by atoms with Crippen molar-refractivity contribution in [3.05, 3.63) is 57.2 Å². The summed E-state index contributed by atoms with van der Waals surface area (Å²) in [6.07, 6.45) is 0. The van der Waals surface area contributed by atoms with E-state index in [1.165, 1.54) is 16.2 Å². The largest absolute Gasteiger partial charge is 0.465 e. The van der Waals surface area contributed by atoms with Crippen molar-refractivity contribution < 1.29 is 19.1 Å². The number of thiophene rings is 1. The van der Waals surface area contributed by atoms with E-state index >= 15 is 0 Å². The van der Waals surface area contributed by atoms with Crippen molar-refractivity contribution in [2.24, 2.45) is 0 Å². The van der Waals surface area contributed by atoms with Gasteiger partial charge >= 0.3 is 12.0 Å². The number of halogens is 1. The van der Waals surface area contributed by atoms with Gasteiger partial charge in [0.15, 0.2) is 0 Å². The van der Waals surface area contributed by atoms with E-state index in [2.05, 4.69) is 15.5 Å². The molecule has 3 rings (SSSR count). The molecule has 1 aliphatic rings. The Kier molecular flexibility index (Phi) is 8.90. The summed E-state index contributed by atoms with van der Waals surface area (Å²) in [5, 5.41) is 5.49. The molecule has 0 aliphatic carbocycles. The minimum atomic E-state index is -0.690. The van der Waals surface area contributed by atoms with Gasteiger partial charge in [0.05, 0.1) is 10.9 Å². The zero-order chi connectivity index (χ0) is 22.9. The number of ether oxygens (including phenoxy) is 1. The maximum absolute atomic E-state index is 13.1. The molecule has 1 saturated heterocycles. The van der Waals surface area contributed by atoms with Crippen LogP contribution in [0.15, 0.2) is 42.5 Å². The maximum Gasteiger partial charge on any atom is 0.325 e. The van der Waals surface area contributed by atoms with Gasteiger partial charge in [0.25, 0.3) is 0 Å². The fourth-order valence-electron chi connectivity index (χ4n) is 3.47. The van der Waals surface area contributed by atoms with Gasteiger partial charge in [-0.05, 0) is 24.6 Å². The summed E-state index contributed by atoms with van der Waals surface area (Å²) in [5.74, 6) is -0.756.